The Bertz CT molecular complexity index is 469. The van der Waals surface area contributed by atoms with Crippen molar-refractivity contribution < 1.29 is 14.3 Å². The number of hydrogen-bond donors (Lipinski definition) is 0. The van der Waals surface area contributed by atoms with E-state index in [-0.39, 0.29) is 17.8 Å². The minimum atomic E-state index is -0.207. The summed E-state index contributed by atoms with van der Waals surface area (Å²) in [6, 6.07) is 1.69. The van der Waals surface area contributed by atoms with E-state index in [0.29, 0.717) is 25.4 Å². The number of amides is 1. The Morgan fingerprint density at radius 3 is 2.95 bits per heavy atom. The number of esters is 1. The van der Waals surface area contributed by atoms with Gasteiger partial charge in [0, 0.05) is 26.3 Å². The number of ether oxygens (including phenoxy) is 1. The van der Waals surface area contributed by atoms with Gasteiger partial charge in [-0.3, -0.25) is 14.3 Å². The number of carbonyl (C=O) groups excluding carboxylic acids is 2. The normalized spacial score (nSPS) is 19.3. The van der Waals surface area contributed by atoms with Gasteiger partial charge >= 0.3 is 5.97 Å². The molecule has 6 heteroatoms. The van der Waals surface area contributed by atoms with E-state index in [9.17, 15) is 9.59 Å². The molecule has 1 aromatic heterocycles. The predicted molar refractivity (Wildman–Crippen MR) is 68.5 cm³/mol. The second-order valence-electron chi connectivity index (χ2n) is 4.72. The van der Waals surface area contributed by atoms with Crippen molar-refractivity contribution in [2.45, 2.75) is 19.8 Å². The number of aromatic nitrogens is 2. The molecule has 1 atom stereocenters. The maximum atomic E-state index is 12.2. The molecular weight excluding hydrogens is 246 g/mol. The molecule has 1 saturated heterocycles. The molecule has 0 aromatic carbocycles. The minimum absolute atomic E-state index is 0.116. The molecule has 1 aliphatic heterocycles. The van der Waals surface area contributed by atoms with Crippen molar-refractivity contribution in [2.75, 3.05) is 19.7 Å². The number of hydrogen-bond acceptors (Lipinski definition) is 4. The van der Waals surface area contributed by atoms with Crippen molar-refractivity contribution in [2.24, 2.45) is 13.0 Å². The third-order valence-corrected chi connectivity index (χ3v) is 3.26. The van der Waals surface area contributed by atoms with Crippen LogP contribution in [-0.4, -0.2) is 46.3 Å². The first-order valence-corrected chi connectivity index (χ1v) is 6.57. The predicted octanol–water partition coefficient (Wildman–Crippen LogP) is 0.835. The average Bonchev–Trinajstić information content (AvgIpc) is 2.85. The first-order valence-electron chi connectivity index (χ1n) is 6.57. The lowest BCUT2D eigenvalue weighted by atomic mass is 9.98. The van der Waals surface area contributed by atoms with Crippen LogP contribution < -0.4 is 0 Å². The minimum Gasteiger partial charge on any atom is -0.466 e. The SMILES string of the molecule is CCOC(=O)[C@@H]1CCCN(C(=O)c2ccn(C)n2)C1. The monoisotopic (exact) mass is 265 g/mol. The Labute approximate surface area is 112 Å². The van der Waals surface area contributed by atoms with Gasteiger partial charge in [0.05, 0.1) is 12.5 Å². The van der Waals surface area contributed by atoms with Gasteiger partial charge < -0.3 is 9.64 Å². The molecule has 0 aliphatic carbocycles. The van der Waals surface area contributed by atoms with E-state index in [0.717, 1.165) is 12.8 Å². The molecule has 0 unspecified atom stereocenters. The summed E-state index contributed by atoms with van der Waals surface area (Å²) in [6.45, 7) is 3.26. The van der Waals surface area contributed by atoms with Gasteiger partial charge in [0.25, 0.3) is 5.91 Å². The van der Waals surface area contributed by atoms with Crippen molar-refractivity contribution in [1.82, 2.24) is 14.7 Å². The Balaban J connectivity index is 2.01. The summed E-state index contributed by atoms with van der Waals surface area (Å²) in [6.07, 6.45) is 3.34. The van der Waals surface area contributed by atoms with Crippen LogP contribution >= 0.6 is 0 Å². The van der Waals surface area contributed by atoms with Crippen LogP contribution in [0, 0.1) is 5.92 Å². The van der Waals surface area contributed by atoms with E-state index in [1.54, 1.807) is 35.8 Å². The number of carbonyl (C=O) groups is 2. The molecule has 6 nitrogen and oxygen atoms in total. The van der Waals surface area contributed by atoms with E-state index >= 15 is 0 Å². The quantitative estimate of drug-likeness (QED) is 0.760. The zero-order valence-electron chi connectivity index (χ0n) is 11.3. The number of rotatable bonds is 3. The topological polar surface area (TPSA) is 64.4 Å². The van der Waals surface area contributed by atoms with Crippen LogP contribution in [0.2, 0.25) is 0 Å². The van der Waals surface area contributed by atoms with Gasteiger partial charge in [0.1, 0.15) is 5.69 Å². The van der Waals surface area contributed by atoms with Crippen LogP contribution in [-0.2, 0) is 16.6 Å². The van der Waals surface area contributed by atoms with Gasteiger partial charge in [-0.15, -0.1) is 0 Å². The fourth-order valence-corrected chi connectivity index (χ4v) is 2.31. The lowest BCUT2D eigenvalue weighted by Gasteiger charge is -2.31. The molecule has 1 fully saturated rings. The molecule has 1 amide bonds. The molecule has 0 N–H and O–H groups in total. The van der Waals surface area contributed by atoms with Crippen molar-refractivity contribution in [3.8, 4) is 0 Å². The fourth-order valence-electron chi connectivity index (χ4n) is 2.31. The highest BCUT2D eigenvalue weighted by molar-refractivity contribution is 5.92. The number of likely N-dealkylation sites (tertiary alicyclic amines) is 1. The van der Waals surface area contributed by atoms with E-state index < -0.39 is 0 Å². The highest BCUT2D eigenvalue weighted by Gasteiger charge is 2.30. The van der Waals surface area contributed by atoms with Crippen LogP contribution in [0.1, 0.15) is 30.3 Å². The van der Waals surface area contributed by atoms with Gasteiger partial charge in [-0.25, -0.2) is 0 Å². The second-order valence-corrected chi connectivity index (χ2v) is 4.72. The molecule has 0 spiro atoms. The Kier molecular flexibility index (Phi) is 4.19. The maximum absolute atomic E-state index is 12.2. The van der Waals surface area contributed by atoms with Gasteiger partial charge in [0.15, 0.2) is 0 Å². The Morgan fingerprint density at radius 2 is 2.32 bits per heavy atom. The number of nitrogens with zero attached hydrogens (tertiary/aromatic N) is 3. The summed E-state index contributed by atoms with van der Waals surface area (Å²) in [5.41, 5.74) is 0.423. The van der Waals surface area contributed by atoms with Gasteiger partial charge in [-0.2, -0.15) is 5.10 Å². The van der Waals surface area contributed by atoms with Crippen LogP contribution in [0.3, 0.4) is 0 Å². The van der Waals surface area contributed by atoms with Crippen molar-refractivity contribution >= 4 is 11.9 Å². The van der Waals surface area contributed by atoms with Gasteiger partial charge in [-0.05, 0) is 25.8 Å². The molecule has 1 aliphatic rings. The molecule has 19 heavy (non-hydrogen) atoms. The average molecular weight is 265 g/mol. The van der Waals surface area contributed by atoms with E-state index in [1.165, 1.54) is 0 Å². The summed E-state index contributed by atoms with van der Waals surface area (Å²) in [5, 5.41) is 4.10. The van der Waals surface area contributed by atoms with Crippen LogP contribution in [0.5, 0.6) is 0 Å². The zero-order valence-corrected chi connectivity index (χ0v) is 11.3. The molecule has 0 radical (unpaired) electrons. The summed E-state index contributed by atoms with van der Waals surface area (Å²) in [5.74, 6) is -0.531. The lowest BCUT2D eigenvalue weighted by Crippen LogP contribution is -2.43. The number of aryl methyl sites for hydroxylation is 1. The fraction of sp³-hybridized carbons (Fsp3) is 0.615. The molecule has 2 heterocycles. The van der Waals surface area contributed by atoms with E-state index in [1.807, 2.05) is 0 Å². The van der Waals surface area contributed by atoms with Crippen molar-refractivity contribution in [3.63, 3.8) is 0 Å². The second kappa shape index (κ2) is 5.86. The highest BCUT2D eigenvalue weighted by Crippen LogP contribution is 2.19. The van der Waals surface area contributed by atoms with Gasteiger partial charge in [0.2, 0.25) is 0 Å². The van der Waals surface area contributed by atoms with Crippen LogP contribution in [0.25, 0.3) is 0 Å². The van der Waals surface area contributed by atoms with Crippen LogP contribution in [0.4, 0.5) is 0 Å². The maximum Gasteiger partial charge on any atom is 0.310 e. The standard InChI is InChI=1S/C13H19N3O3/c1-3-19-13(18)10-5-4-7-16(9-10)12(17)11-6-8-15(2)14-11/h6,8,10H,3-5,7,9H2,1-2H3/t10-/m1/s1. The molecule has 1 aromatic rings. The first kappa shape index (κ1) is 13.6. The molecule has 104 valence electrons. The molecule has 0 bridgehead atoms. The summed E-state index contributed by atoms with van der Waals surface area (Å²) < 4.78 is 6.62. The highest BCUT2D eigenvalue weighted by atomic mass is 16.5. The van der Waals surface area contributed by atoms with Crippen LogP contribution in [0.15, 0.2) is 12.3 Å². The van der Waals surface area contributed by atoms with E-state index in [2.05, 4.69) is 5.10 Å². The first-order chi connectivity index (χ1) is 9.11. The summed E-state index contributed by atoms with van der Waals surface area (Å²) in [7, 11) is 1.77. The summed E-state index contributed by atoms with van der Waals surface area (Å²) >= 11 is 0. The van der Waals surface area contributed by atoms with Gasteiger partial charge in [-0.1, -0.05) is 0 Å². The Hall–Kier alpha value is -1.85. The third kappa shape index (κ3) is 3.13. The number of piperidine rings is 1. The molecular formula is C13H19N3O3. The van der Waals surface area contributed by atoms with Crippen molar-refractivity contribution in [1.29, 1.82) is 0 Å². The zero-order chi connectivity index (χ0) is 13.8. The Morgan fingerprint density at radius 1 is 1.53 bits per heavy atom. The molecule has 2 rings (SSSR count). The largest absolute Gasteiger partial charge is 0.466 e. The van der Waals surface area contributed by atoms with Crippen molar-refractivity contribution in [3.05, 3.63) is 18.0 Å². The third-order valence-electron chi connectivity index (χ3n) is 3.26. The summed E-state index contributed by atoms with van der Waals surface area (Å²) in [4.78, 5) is 25.7. The lowest BCUT2D eigenvalue weighted by molar-refractivity contribution is -0.149. The smallest absolute Gasteiger partial charge is 0.310 e. The van der Waals surface area contributed by atoms with E-state index in [4.69, 9.17) is 4.74 Å². The molecule has 0 saturated carbocycles.